The van der Waals surface area contributed by atoms with Crippen LogP contribution in [0.4, 0.5) is 0 Å². The van der Waals surface area contributed by atoms with Crippen LogP contribution < -0.4 is 0 Å². The summed E-state index contributed by atoms with van der Waals surface area (Å²) in [5.41, 5.74) is 0.526. The Morgan fingerprint density at radius 3 is 0.821 bits per heavy atom. The third-order valence-electron chi connectivity index (χ3n) is 8.35. The van der Waals surface area contributed by atoms with Crippen molar-refractivity contribution in [1.29, 1.82) is 0 Å². The van der Waals surface area contributed by atoms with Crippen LogP contribution in [0.1, 0.15) is 220 Å². The van der Waals surface area contributed by atoms with Crippen molar-refractivity contribution in [3.63, 3.8) is 0 Å². The van der Waals surface area contributed by atoms with E-state index in [0.717, 1.165) is 0 Å². The summed E-state index contributed by atoms with van der Waals surface area (Å²) in [4.78, 5) is 0. The zero-order valence-electron chi connectivity index (χ0n) is 28.0. The highest BCUT2D eigenvalue weighted by molar-refractivity contribution is 4.83. The second-order valence-electron chi connectivity index (χ2n) is 13.9. The molecule has 0 N–H and O–H groups in total. The summed E-state index contributed by atoms with van der Waals surface area (Å²) in [6, 6.07) is 0. The molecule has 0 aliphatic carbocycles. The van der Waals surface area contributed by atoms with Gasteiger partial charge in [0.15, 0.2) is 0 Å². The Labute approximate surface area is 249 Å². The van der Waals surface area contributed by atoms with Gasteiger partial charge in [0.05, 0.1) is 0 Å². The van der Waals surface area contributed by atoms with E-state index in [0.29, 0.717) is 5.41 Å². The van der Waals surface area contributed by atoms with E-state index in [1.54, 1.807) is 0 Å². The second kappa shape index (κ2) is 32.0. The Balaban J connectivity index is 3.17. The molecule has 0 aromatic carbocycles. The van der Waals surface area contributed by atoms with Gasteiger partial charge in [-0.05, 0) is 63.2 Å². The van der Waals surface area contributed by atoms with Gasteiger partial charge in [0.25, 0.3) is 0 Å². The summed E-state index contributed by atoms with van der Waals surface area (Å²) in [6.45, 7) is 9.40. The van der Waals surface area contributed by atoms with Gasteiger partial charge >= 0.3 is 0 Å². The molecule has 0 atom stereocenters. The molecule has 0 unspecified atom stereocenters. The minimum absolute atomic E-state index is 0.526. The lowest BCUT2D eigenvalue weighted by Gasteiger charge is -2.17. The maximum Gasteiger partial charge on any atom is -0.0351 e. The lowest BCUT2D eigenvalue weighted by atomic mass is 9.89. The molecule has 0 aliphatic rings. The van der Waals surface area contributed by atoms with Gasteiger partial charge in [-0.2, -0.15) is 0 Å². The Bertz CT molecular complexity index is 491. The summed E-state index contributed by atoms with van der Waals surface area (Å²) in [7, 11) is 0. The fourth-order valence-corrected chi connectivity index (χ4v) is 5.61. The number of hydrogen-bond acceptors (Lipinski definition) is 0. The third-order valence-corrected chi connectivity index (χ3v) is 8.35. The van der Waals surface area contributed by atoms with E-state index in [4.69, 9.17) is 0 Å². The molecule has 0 amide bonds. The van der Waals surface area contributed by atoms with E-state index in [9.17, 15) is 0 Å². The molecule has 0 spiro atoms. The van der Waals surface area contributed by atoms with Crippen molar-refractivity contribution in [2.75, 3.05) is 0 Å². The smallest absolute Gasteiger partial charge is 0.0351 e. The van der Waals surface area contributed by atoms with Gasteiger partial charge in [0.2, 0.25) is 0 Å². The molecule has 0 aromatic heterocycles. The van der Waals surface area contributed by atoms with E-state index in [1.165, 1.54) is 193 Å². The van der Waals surface area contributed by atoms with Crippen molar-refractivity contribution in [1.82, 2.24) is 0 Å². The first kappa shape index (κ1) is 38.5. The van der Waals surface area contributed by atoms with Crippen molar-refractivity contribution in [2.45, 2.75) is 220 Å². The van der Waals surface area contributed by atoms with Crippen molar-refractivity contribution < 1.29 is 0 Å². The van der Waals surface area contributed by atoms with Crippen LogP contribution in [0, 0.1) is 5.41 Å². The summed E-state index contributed by atoms with van der Waals surface area (Å²) >= 11 is 0. The average Bonchev–Trinajstić information content (AvgIpc) is 2.90. The largest absolute Gasteiger partial charge is 0.0885 e. The predicted molar refractivity (Wildman–Crippen MR) is 182 cm³/mol. The lowest BCUT2D eigenvalue weighted by molar-refractivity contribution is 0.356. The quantitative estimate of drug-likeness (QED) is 0.0601. The molecule has 0 aliphatic heterocycles. The molecule has 0 saturated heterocycles. The maximum atomic E-state index is 2.45. The van der Waals surface area contributed by atoms with Crippen LogP contribution in [-0.2, 0) is 0 Å². The summed E-state index contributed by atoms with van der Waals surface area (Å²) in [5, 5.41) is 0. The topological polar surface area (TPSA) is 0 Å². The highest BCUT2D eigenvalue weighted by atomic mass is 14.1. The maximum absolute atomic E-state index is 2.45. The SMILES string of the molecule is CCCCCCCCCCCCCC/C=C/CCCCC/C=C/CCCCCCCCCCCCC(C)(C)C. The molecule has 0 rings (SSSR count). The first-order valence-corrected chi connectivity index (χ1v) is 18.4. The molecule has 0 fully saturated rings. The van der Waals surface area contributed by atoms with Crippen molar-refractivity contribution in [3.05, 3.63) is 24.3 Å². The average molecular weight is 545 g/mol. The molecular weight excluding hydrogens is 468 g/mol. The highest BCUT2D eigenvalue weighted by Gasteiger charge is 2.08. The summed E-state index contributed by atoms with van der Waals surface area (Å²) in [6.07, 6.45) is 52.3. The second-order valence-corrected chi connectivity index (χ2v) is 13.9. The highest BCUT2D eigenvalue weighted by Crippen LogP contribution is 2.22. The Kier molecular flexibility index (Phi) is 31.6. The Hall–Kier alpha value is -0.520. The minimum atomic E-state index is 0.526. The van der Waals surface area contributed by atoms with Crippen molar-refractivity contribution >= 4 is 0 Å². The fourth-order valence-electron chi connectivity index (χ4n) is 5.61. The normalized spacial score (nSPS) is 12.4. The van der Waals surface area contributed by atoms with E-state index >= 15 is 0 Å². The van der Waals surface area contributed by atoms with Gasteiger partial charge in [-0.15, -0.1) is 0 Å². The standard InChI is InChI=1S/C39H76/c1-5-6-7-8-9-10-11-12-13-14-15-16-17-18-19-20-21-22-23-24-25-26-27-28-29-30-31-32-33-34-35-36-37-38-39(2,3)4/h18-19,25-26H,5-17,20-24,27-38H2,1-4H3/b19-18+,26-25+. The third kappa shape index (κ3) is 37.5. The van der Waals surface area contributed by atoms with Crippen LogP contribution in [0.25, 0.3) is 0 Å². The lowest BCUT2D eigenvalue weighted by Crippen LogP contribution is -2.03. The number of hydrogen-bond donors (Lipinski definition) is 0. The molecule has 0 heteroatoms. The van der Waals surface area contributed by atoms with E-state index in [1.807, 2.05) is 0 Å². The summed E-state index contributed by atoms with van der Waals surface area (Å²) in [5.74, 6) is 0. The molecule has 0 aromatic rings. The van der Waals surface area contributed by atoms with Crippen molar-refractivity contribution in [3.8, 4) is 0 Å². The van der Waals surface area contributed by atoms with Crippen molar-refractivity contribution in [2.24, 2.45) is 5.41 Å². The van der Waals surface area contributed by atoms with Crippen LogP contribution in [0.2, 0.25) is 0 Å². The van der Waals surface area contributed by atoms with Gasteiger partial charge in [-0.1, -0.05) is 187 Å². The zero-order chi connectivity index (χ0) is 28.5. The molecule has 0 nitrogen and oxygen atoms in total. The van der Waals surface area contributed by atoms with Gasteiger partial charge < -0.3 is 0 Å². The molecule has 0 saturated carbocycles. The number of rotatable bonds is 31. The van der Waals surface area contributed by atoms with Crippen LogP contribution in [-0.4, -0.2) is 0 Å². The fraction of sp³-hybridized carbons (Fsp3) is 0.897. The molecular formula is C39H76. The molecule has 232 valence electrons. The molecule has 0 radical (unpaired) electrons. The van der Waals surface area contributed by atoms with Gasteiger partial charge in [0.1, 0.15) is 0 Å². The van der Waals surface area contributed by atoms with Crippen LogP contribution in [0.3, 0.4) is 0 Å². The zero-order valence-corrected chi connectivity index (χ0v) is 28.0. The van der Waals surface area contributed by atoms with E-state index < -0.39 is 0 Å². The Morgan fingerprint density at radius 1 is 0.308 bits per heavy atom. The summed E-state index contributed by atoms with van der Waals surface area (Å²) < 4.78 is 0. The molecule has 0 bridgehead atoms. The van der Waals surface area contributed by atoms with E-state index in [2.05, 4.69) is 52.0 Å². The van der Waals surface area contributed by atoms with Gasteiger partial charge in [-0.3, -0.25) is 0 Å². The minimum Gasteiger partial charge on any atom is -0.0885 e. The Morgan fingerprint density at radius 2 is 0.538 bits per heavy atom. The molecule has 39 heavy (non-hydrogen) atoms. The number of allylic oxidation sites excluding steroid dienone is 4. The van der Waals surface area contributed by atoms with Gasteiger partial charge in [-0.25, -0.2) is 0 Å². The molecule has 0 heterocycles. The van der Waals surface area contributed by atoms with E-state index in [-0.39, 0.29) is 0 Å². The van der Waals surface area contributed by atoms with Gasteiger partial charge in [0, 0.05) is 0 Å². The van der Waals surface area contributed by atoms with Crippen LogP contribution in [0.5, 0.6) is 0 Å². The predicted octanol–water partition coefficient (Wildman–Crippen LogP) is 14.9. The monoisotopic (exact) mass is 545 g/mol. The number of unbranched alkanes of at least 4 members (excludes halogenated alkanes) is 26. The first-order valence-electron chi connectivity index (χ1n) is 18.4. The first-order chi connectivity index (χ1) is 19.1. The van der Waals surface area contributed by atoms with Crippen LogP contribution in [0.15, 0.2) is 24.3 Å². The van der Waals surface area contributed by atoms with Crippen LogP contribution >= 0.6 is 0 Å².